The molecule has 8 heteroatoms. The number of aldehydes is 1. The zero-order chi connectivity index (χ0) is 12.0. The van der Waals surface area contributed by atoms with E-state index in [0.717, 1.165) is 0 Å². The number of nitrogens with one attached hydrogen (secondary N) is 1. The summed E-state index contributed by atoms with van der Waals surface area (Å²) in [5, 5.41) is 20.6. The third-order valence-electron chi connectivity index (χ3n) is 1.90. The Labute approximate surface area is 99.6 Å². The van der Waals surface area contributed by atoms with Crippen LogP contribution in [0.15, 0.2) is 0 Å². The summed E-state index contributed by atoms with van der Waals surface area (Å²) < 4.78 is 0. The molecule has 0 fully saturated rings. The van der Waals surface area contributed by atoms with Gasteiger partial charge in [0, 0.05) is 0 Å². The number of amides is 1. The van der Waals surface area contributed by atoms with Gasteiger partial charge in [0.2, 0.25) is 5.91 Å². The van der Waals surface area contributed by atoms with E-state index in [1.165, 1.54) is 6.92 Å². The number of carbonyl (C=O) groups excluding carboxylic acids is 2. The van der Waals surface area contributed by atoms with Gasteiger partial charge in [0.1, 0.15) is 6.29 Å². The minimum Gasteiger partial charge on any atom is -0.394 e. The van der Waals surface area contributed by atoms with Crippen molar-refractivity contribution in [3.63, 3.8) is 0 Å². The molecule has 96 valence electrons. The summed E-state index contributed by atoms with van der Waals surface area (Å²) in [6.45, 7) is 0.928. The van der Waals surface area contributed by atoms with Crippen molar-refractivity contribution in [2.45, 2.75) is 31.2 Å². The predicted molar refractivity (Wildman–Crippen MR) is 60.0 cm³/mol. The van der Waals surface area contributed by atoms with Gasteiger partial charge in [0.15, 0.2) is 0 Å². The van der Waals surface area contributed by atoms with Crippen LogP contribution in [0.2, 0.25) is 0 Å². The van der Waals surface area contributed by atoms with Crippen molar-refractivity contribution >= 4 is 24.6 Å². The molecule has 7 N–H and O–H groups in total. The van der Waals surface area contributed by atoms with Gasteiger partial charge in [-0.05, 0) is 6.92 Å². The molecule has 0 bridgehead atoms. The number of hydrogen-bond acceptors (Lipinski definition) is 6. The summed E-state index contributed by atoms with van der Waals surface area (Å²) in [5.74, 6) is -0.536. The van der Waals surface area contributed by atoms with Crippen molar-refractivity contribution in [1.82, 2.24) is 5.32 Å². The van der Waals surface area contributed by atoms with Gasteiger partial charge in [-0.3, -0.25) is 4.79 Å². The van der Waals surface area contributed by atoms with Crippen LogP contribution in [0.5, 0.6) is 0 Å². The topological polar surface area (TPSA) is 139 Å². The minimum absolute atomic E-state index is 0. The lowest BCUT2D eigenvalue weighted by molar-refractivity contribution is -0.125. The fraction of sp³-hybridized carbons (Fsp3) is 0.750. The molecule has 1 unspecified atom stereocenters. The summed E-state index contributed by atoms with van der Waals surface area (Å²) >= 11 is 0. The normalized spacial score (nSPS) is 17.6. The first-order chi connectivity index (χ1) is 6.93. The Balaban J connectivity index is 0. The van der Waals surface area contributed by atoms with E-state index in [-0.39, 0.29) is 12.4 Å². The molecule has 0 rings (SSSR count). The Bertz CT molecular complexity index is 227. The minimum atomic E-state index is -1.34. The summed E-state index contributed by atoms with van der Waals surface area (Å²) in [5.41, 5.74) is 10.5. The van der Waals surface area contributed by atoms with Crippen LogP contribution in [0, 0.1) is 0 Å². The van der Waals surface area contributed by atoms with E-state index in [2.05, 4.69) is 5.32 Å². The Hall–Kier alpha value is -0.730. The van der Waals surface area contributed by atoms with Crippen molar-refractivity contribution in [1.29, 1.82) is 0 Å². The summed E-state index contributed by atoms with van der Waals surface area (Å²) in [6, 6.07) is -2.92. The molecule has 7 nitrogen and oxygen atoms in total. The standard InChI is InChI=1S/C8H17N3O4.ClH/c1-4(9)8(15)11-6(3-13)7(14)5(10)2-12;/h2,4-7,13-14H,3,9-10H2,1H3,(H,11,15);1H/t4?,5-,6-,7+;/m0./s1. The molecule has 0 spiro atoms. The molecule has 4 atom stereocenters. The van der Waals surface area contributed by atoms with Crippen molar-refractivity contribution in [3.05, 3.63) is 0 Å². The first-order valence-electron chi connectivity index (χ1n) is 4.49. The third-order valence-corrected chi connectivity index (χ3v) is 1.90. The van der Waals surface area contributed by atoms with Gasteiger partial charge in [-0.25, -0.2) is 0 Å². The average Bonchev–Trinajstić information content (AvgIpc) is 2.23. The van der Waals surface area contributed by atoms with E-state index in [4.69, 9.17) is 16.6 Å². The Morgan fingerprint density at radius 2 is 2.00 bits per heavy atom. The lowest BCUT2D eigenvalue weighted by Crippen LogP contribution is -2.56. The van der Waals surface area contributed by atoms with Gasteiger partial charge in [0.25, 0.3) is 0 Å². The molecule has 16 heavy (non-hydrogen) atoms. The molecule has 0 aliphatic rings. The first kappa shape index (κ1) is 17.7. The number of hydrogen-bond donors (Lipinski definition) is 5. The number of carbonyl (C=O) groups is 2. The maximum absolute atomic E-state index is 11.1. The van der Waals surface area contributed by atoms with Gasteiger partial charge < -0.3 is 31.8 Å². The van der Waals surface area contributed by atoms with Crippen LogP contribution in [0.25, 0.3) is 0 Å². The number of aliphatic hydroxyl groups excluding tert-OH is 2. The molecule has 0 saturated carbocycles. The second-order valence-corrected chi connectivity index (χ2v) is 3.29. The van der Waals surface area contributed by atoms with Crippen LogP contribution in [-0.4, -0.2) is 53.2 Å². The molecule has 0 aliphatic heterocycles. The fourth-order valence-corrected chi connectivity index (χ4v) is 0.902. The zero-order valence-corrected chi connectivity index (χ0v) is 9.68. The van der Waals surface area contributed by atoms with Crippen molar-refractivity contribution in [2.24, 2.45) is 11.5 Å². The number of nitrogens with two attached hydrogens (primary N) is 2. The second kappa shape index (κ2) is 8.43. The van der Waals surface area contributed by atoms with E-state index >= 15 is 0 Å². The Morgan fingerprint density at radius 1 is 1.50 bits per heavy atom. The third kappa shape index (κ3) is 5.38. The maximum atomic E-state index is 11.1. The summed E-state index contributed by atoms with van der Waals surface area (Å²) in [4.78, 5) is 21.4. The SMILES string of the molecule is CC(N)C(=O)N[C@@H](CO)[C@H](O)[C@@H](N)C=O.Cl. The molecule has 0 aliphatic carbocycles. The van der Waals surface area contributed by atoms with Crippen molar-refractivity contribution in [2.75, 3.05) is 6.61 Å². The monoisotopic (exact) mass is 255 g/mol. The molecular formula is C8H18ClN3O4. The highest BCUT2D eigenvalue weighted by atomic mass is 35.5. The largest absolute Gasteiger partial charge is 0.394 e. The van der Waals surface area contributed by atoms with Crippen molar-refractivity contribution < 1.29 is 19.8 Å². The smallest absolute Gasteiger partial charge is 0.237 e. The van der Waals surface area contributed by atoms with E-state index in [1.807, 2.05) is 0 Å². The molecule has 0 radical (unpaired) electrons. The Kier molecular flexibility index (Phi) is 9.30. The van der Waals surface area contributed by atoms with Crippen LogP contribution in [0.4, 0.5) is 0 Å². The van der Waals surface area contributed by atoms with Gasteiger partial charge >= 0.3 is 0 Å². The number of rotatable bonds is 6. The summed E-state index contributed by atoms with van der Waals surface area (Å²) in [6.07, 6.45) is -0.999. The van der Waals surface area contributed by atoms with Crippen molar-refractivity contribution in [3.8, 4) is 0 Å². The molecule has 1 amide bonds. The van der Waals surface area contributed by atoms with Crippen LogP contribution < -0.4 is 16.8 Å². The van der Waals surface area contributed by atoms with E-state index in [9.17, 15) is 14.7 Å². The van der Waals surface area contributed by atoms with Gasteiger partial charge in [-0.15, -0.1) is 12.4 Å². The highest BCUT2D eigenvalue weighted by molar-refractivity contribution is 5.85. The first-order valence-corrected chi connectivity index (χ1v) is 4.49. The van der Waals surface area contributed by atoms with Crippen LogP contribution >= 0.6 is 12.4 Å². The fourth-order valence-electron chi connectivity index (χ4n) is 0.902. The van der Waals surface area contributed by atoms with E-state index in [0.29, 0.717) is 6.29 Å². The predicted octanol–water partition coefficient (Wildman–Crippen LogP) is -2.88. The average molecular weight is 256 g/mol. The van der Waals surface area contributed by atoms with Crippen LogP contribution in [0.1, 0.15) is 6.92 Å². The van der Waals surface area contributed by atoms with Gasteiger partial charge in [0.05, 0.1) is 30.8 Å². The quantitative estimate of drug-likeness (QED) is 0.323. The Morgan fingerprint density at radius 3 is 2.31 bits per heavy atom. The van der Waals surface area contributed by atoms with E-state index < -0.39 is 36.7 Å². The van der Waals surface area contributed by atoms with E-state index in [1.54, 1.807) is 0 Å². The van der Waals surface area contributed by atoms with Crippen LogP contribution in [-0.2, 0) is 9.59 Å². The summed E-state index contributed by atoms with van der Waals surface area (Å²) in [7, 11) is 0. The van der Waals surface area contributed by atoms with Gasteiger partial charge in [-0.1, -0.05) is 0 Å². The maximum Gasteiger partial charge on any atom is 0.237 e. The lowest BCUT2D eigenvalue weighted by Gasteiger charge is -2.24. The molecule has 0 saturated heterocycles. The molecule has 0 aromatic rings. The highest BCUT2D eigenvalue weighted by Gasteiger charge is 2.26. The molecule has 0 aromatic carbocycles. The van der Waals surface area contributed by atoms with Gasteiger partial charge in [-0.2, -0.15) is 0 Å². The zero-order valence-electron chi connectivity index (χ0n) is 8.87. The number of halogens is 1. The molecular weight excluding hydrogens is 238 g/mol. The van der Waals surface area contributed by atoms with Crippen LogP contribution in [0.3, 0.4) is 0 Å². The second-order valence-electron chi connectivity index (χ2n) is 3.29. The lowest BCUT2D eigenvalue weighted by atomic mass is 10.1. The number of aliphatic hydroxyl groups is 2. The molecule has 0 aromatic heterocycles. The molecule has 0 heterocycles. The highest BCUT2D eigenvalue weighted by Crippen LogP contribution is 1.97.